The topological polar surface area (TPSA) is 88.9 Å². The molecule has 1 aromatic heterocycles. The molecule has 0 atom stereocenters. The van der Waals surface area contributed by atoms with Gasteiger partial charge in [-0.05, 0) is 49.7 Å². The maximum Gasteiger partial charge on any atom is 0.278 e. The first-order chi connectivity index (χ1) is 13.7. The molecule has 2 amide bonds. The van der Waals surface area contributed by atoms with Crippen molar-refractivity contribution in [1.82, 2.24) is 15.0 Å². The average Bonchev–Trinajstić information content (AvgIpc) is 3.01. The van der Waals surface area contributed by atoms with E-state index in [2.05, 4.69) is 36.9 Å². The van der Waals surface area contributed by atoms with Crippen LogP contribution < -0.4 is 10.6 Å². The number of carbonyl (C=O) groups is 2. The van der Waals surface area contributed by atoms with Crippen LogP contribution in [0.1, 0.15) is 21.7 Å². The first kappa shape index (κ1) is 20.9. The van der Waals surface area contributed by atoms with E-state index in [1.807, 2.05) is 6.92 Å². The Morgan fingerprint density at radius 2 is 1.90 bits per heavy atom. The molecule has 0 saturated carbocycles. The number of rotatable bonds is 5. The number of aryl methyl sites for hydroxylation is 1. The van der Waals surface area contributed by atoms with E-state index in [-0.39, 0.29) is 17.9 Å². The highest BCUT2D eigenvalue weighted by Gasteiger charge is 2.19. The van der Waals surface area contributed by atoms with Crippen LogP contribution in [0.4, 0.5) is 15.8 Å². The Morgan fingerprint density at radius 3 is 2.62 bits per heavy atom. The van der Waals surface area contributed by atoms with Crippen LogP contribution in [0.2, 0.25) is 5.02 Å². The summed E-state index contributed by atoms with van der Waals surface area (Å²) in [6.07, 6.45) is 0. The molecule has 150 valence electrons. The third-order valence-corrected chi connectivity index (χ3v) is 4.87. The van der Waals surface area contributed by atoms with Crippen LogP contribution in [-0.2, 0) is 11.3 Å². The van der Waals surface area contributed by atoms with Crippen molar-refractivity contribution in [2.24, 2.45) is 0 Å². The van der Waals surface area contributed by atoms with Gasteiger partial charge in [0.1, 0.15) is 12.4 Å². The van der Waals surface area contributed by atoms with Crippen LogP contribution in [-0.4, -0.2) is 26.8 Å². The van der Waals surface area contributed by atoms with E-state index in [1.54, 1.807) is 31.2 Å². The summed E-state index contributed by atoms with van der Waals surface area (Å²) in [5, 5.41) is 13.4. The molecule has 1 heterocycles. The van der Waals surface area contributed by atoms with Gasteiger partial charge in [-0.2, -0.15) is 0 Å². The predicted molar refractivity (Wildman–Crippen MR) is 112 cm³/mol. The van der Waals surface area contributed by atoms with Crippen LogP contribution in [0.15, 0.2) is 40.9 Å². The fourth-order valence-corrected chi connectivity index (χ4v) is 3.05. The minimum atomic E-state index is -0.569. The van der Waals surface area contributed by atoms with E-state index < -0.39 is 17.6 Å². The molecule has 0 fully saturated rings. The number of amides is 2. The first-order valence-electron chi connectivity index (χ1n) is 8.47. The molecule has 3 aromatic rings. The standard InChI is InChI=1S/C19H16BrClFN5O2/c1-10-3-5-13(21)8-16(10)24-19(29)18-11(2)27(26-25-18)9-17(28)23-15-6-4-12(20)7-14(15)22/h3-8H,9H2,1-2H3,(H,23,28)(H,24,29). The highest BCUT2D eigenvalue weighted by atomic mass is 79.9. The quantitative estimate of drug-likeness (QED) is 0.568. The summed E-state index contributed by atoms with van der Waals surface area (Å²) in [6, 6.07) is 9.44. The molecule has 0 radical (unpaired) electrons. The number of aromatic nitrogens is 3. The molecule has 29 heavy (non-hydrogen) atoms. The number of anilines is 2. The number of carbonyl (C=O) groups excluding carboxylic acids is 2. The number of halogens is 3. The van der Waals surface area contributed by atoms with Crippen molar-refractivity contribution in [3.8, 4) is 0 Å². The highest BCUT2D eigenvalue weighted by Crippen LogP contribution is 2.21. The van der Waals surface area contributed by atoms with Crippen molar-refractivity contribution in [2.75, 3.05) is 10.6 Å². The Morgan fingerprint density at radius 1 is 1.14 bits per heavy atom. The van der Waals surface area contributed by atoms with E-state index in [0.29, 0.717) is 20.9 Å². The van der Waals surface area contributed by atoms with Gasteiger partial charge in [-0.3, -0.25) is 9.59 Å². The minimum absolute atomic E-state index is 0.0466. The molecule has 0 saturated heterocycles. The lowest BCUT2D eigenvalue weighted by atomic mass is 10.2. The minimum Gasteiger partial charge on any atom is -0.322 e. The number of benzene rings is 2. The Labute approximate surface area is 179 Å². The summed E-state index contributed by atoms with van der Waals surface area (Å²) < 4.78 is 15.7. The molecule has 3 rings (SSSR count). The van der Waals surface area contributed by atoms with E-state index in [0.717, 1.165) is 5.56 Å². The van der Waals surface area contributed by atoms with E-state index in [9.17, 15) is 14.0 Å². The van der Waals surface area contributed by atoms with Gasteiger partial charge in [0.25, 0.3) is 5.91 Å². The van der Waals surface area contributed by atoms with E-state index in [4.69, 9.17) is 11.6 Å². The van der Waals surface area contributed by atoms with Gasteiger partial charge in [0.05, 0.1) is 11.4 Å². The highest BCUT2D eigenvalue weighted by molar-refractivity contribution is 9.10. The van der Waals surface area contributed by atoms with E-state index in [1.165, 1.54) is 16.8 Å². The summed E-state index contributed by atoms with van der Waals surface area (Å²) in [6.45, 7) is 3.23. The second-order valence-corrected chi connectivity index (χ2v) is 7.62. The van der Waals surface area contributed by atoms with Crippen LogP contribution >= 0.6 is 27.5 Å². The molecule has 0 spiro atoms. The molecule has 2 aromatic carbocycles. The van der Waals surface area contributed by atoms with Gasteiger partial charge in [-0.15, -0.1) is 5.10 Å². The number of hydrogen-bond donors (Lipinski definition) is 2. The Hall–Kier alpha value is -2.78. The third-order valence-electron chi connectivity index (χ3n) is 4.14. The van der Waals surface area contributed by atoms with Gasteiger partial charge in [0.2, 0.25) is 5.91 Å². The molecule has 7 nitrogen and oxygen atoms in total. The number of hydrogen-bond acceptors (Lipinski definition) is 4. The van der Waals surface area contributed by atoms with Crippen molar-refractivity contribution >= 4 is 50.7 Å². The molecule has 0 unspecified atom stereocenters. The zero-order valence-corrected chi connectivity index (χ0v) is 17.8. The van der Waals surface area contributed by atoms with Gasteiger partial charge in [-0.1, -0.05) is 38.8 Å². The average molecular weight is 481 g/mol. The van der Waals surface area contributed by atoms with Gasteiger partial charge in [-0.25, -0.2) is 9.07 Å². The Balaban J connectivity index is 1.70. The van der Waals surface area contributed by atoms with Gasteiger partial charge in [0.15, 0.2) is 5.69 Å². The number of nitrogens with one attached hydrogen (secondary N) is 2. The van der Waals surface area contributed by atoms with Crippen molar-refractivity contribution in [1.29, 1.82) is 0 Å². The van der Waals surface area contributed by atoms with Crippen LogP contribution in [0.25, 0.3) is 0 Å². The summed E-state index contributed by atoms with van der Waals surface area (Å²) in [5.41, 5.74) is 1.91. The second kappa shape index (κ2) is 8.71. The zero-order valence-electron chi connectivity index (χ0n) is 15.5. The van der Waals surface area contributed by atoms with Crippen molar-refractivity contribution in [3.63, 3.8) is 0 Å². The molecule has 0 aliphatic carbocycles. The van der Waals surface area contributed by atoms with Crippen molar-refractivity contribution < 1.29 is 14.0 Å². The fourth-order valence-electron chi connectivity index (χ4n) is 2.55. The predicted octanol–water partition coefficient (Wildman–Crippen LogP) is 4.34. The smallest absolute Gasteiger partial charge is 0.278 e. The molecule has 10 heteroatoms. The number of nitrogens with zero attached hydrogens (tertiary/aromatic N) is 3. The second-order valence-electron chi connectivity index (χ2n) is 6.27. The normalized spacial score (nSPS) is 10.7. The lowest BCUT2D eigenvalue weighted by Gasteiger charge is -2.09. The van der Waals surface area contributed by atoms with E-state index >= 15 is 0 Å². The molecule has 2 N–H and O–H groups in total. The molecular weight excluding hydrogens is 465 g/mol. The SMILES string of the molecule is Cc1ccc(Cl)cc1NC(=O)c1nnn(CC(=O)Nc2ccc(Br)cc2F)c1C. The maximum atomic E-state index is 13.9. The molecular formula is C19H16BrClFN5O2. The van der Waals surface area contributed by atoms with Crippen molar-refractivity contribution in [3.05, 3.63) is 68.7 Å². The van der Waals surface area contributed by atoms with Gasteiger partial charge in [0, 0.05) is 15.2 Å². The largest absolute Gasteiger partial charge is 0.322 e. The maximum absolute atomic E-state index is 13.9. The molecule has 0 aliphatic heterocycles. The van der Waals surface area contributed by atoms with Crippen LogP contribution in [0, 0.1) is 19.7 Å². The molecule has 0 aliphatic rings. The Bertz CT molecular complexity index is 1100. The lowest BCUT2D eigenvalue weighted by molar-refractivity contribution is -0.117. The Kier molecular flexibility index (Phi) is 6.29. The van der Waals surface area contributed by atoms with Gasteiger partial charge >= 0.3 is 0 Å². The van der Waals surface area contributed by atoms with Crippen molar-refractivity contribution in [2.45, 2.75) is 20.4 Å². The summed E-state index contributed by atoms with van der Waals surface area (Å²) >= 11 is 9.12. The third kappa shape index (κ3) is 4.99. The fraction of sp³-hybridized carbons (Fsp3) is 0.158. The summed E-state index contributed by atoms with van der Waals surface area (Å²) in [7, 11) is 0. The lowest BCUT2D eigenvalue weighted by Crippen LogP contribution is -2.21. The zero-order chi connectivity index (χ0) is 21.1. The monoisotopic (exact) mass is 479 g/mol. The summed E-state index contributed by atoms with van der Waals surface area (Å²) in [5.74, 6) is -1.55. The van der Waals surface area contributed by atoms with Crippen LogP contribution in [0.3, 0.4) is 0 Å². The summed E-state index contributed by atoms with van der Waals surface area (Å²) in [4.78, 5) is 24.8. The van der Waals surface area contributed by atoms with Crippen LogP contribution in [0.5, 0.6) is 0 Å². The molecule has 0 bridgehead atoms. The first-order valence-corrected chi connectivity index (χ1v) is 9.64. The van der Waals surface area contributed by atoms with Gasteiger partial charge < -0.3 is 10.6 Å².